The maximum atomic E-state index is 12.5. The first-order valence-electron chi connectivity index (χ1n) is 8.18. The summed E-state index contributed by atoms with van der Waals surface area (Å²) in [7, 11) is 0. The first-order chi connectivity index (χ1) is 13.1. The van der Waals surface area contributed by atoms with Gasteiger partial charge in [0.25, 0.3) is 5.91 Å². The third-order valence-corrected chi connectivity index (χ3v) is 5.19. The van der Waals surface area contributed by atoms with Crippen LogP contribution in [0.25, 0.3) is 5.57 Å². The highest BCUT2D eigenvalue weighted by atomic mass is 32.1. The number of hydrogen-bond acceptors (Lipinski definition) is 5. The van der Waals surface area contributed by atoms with Crippen LogP contribution in [0, 0.1) is 0 Å². The van der Waals surface area contributed by atoms with E-state index in [2.05, 4.69) is 16.6 Å². The summed E-state index contributed by atoms with van der Waals surface area (Å²) in [6.45, 7) is 4.05. The van der Waals surface area contributed by atoms with Gasteiger partial charge in [0.1, 0.15) is 10.6 Å². The number of carbonyl (C=O) groups is 1. The van der Waals surface area contributed by atoms with E-state index >= 15 is 0 Å². The van der Waals surface area contributed by atoms with Crippen LogP contribution in [0.15, 0.2) is 71.2 Å². The molecule has 0 saturated carbocycles. The normalized spacial score (nSPS) is 13.6. The molecule has 4 rings (SSSR count). The molecule has 1 aromatic heterocycles. The molecule has 0 bridgehead atoms. The molecule has 2 N–H and O–H groups in total. The number of para-hydroxylation sites is 1. The Hall–Kier alpha value is -3.45. The van der Waals surface area contributed by atoms with Crippen LogP contribution in [0.1, 0.15) is 4.88 Å². The Morgan fingerprint density at radius 1 is 1.15 bits per heavy atom. The number of fused-ring (bicyclic) bond motifs is 1. The van der Waals surface area contributed by atoms with Crippen molar-refractivity contribution in [2.75, 3.05) is 0 Å². The highest BCUT2D eigenvalue weighted by Gasteiger charge is 2.25. The number of phenolic OH excluding ortho intramolecular Hbond substituents is 1. The Morgan fingerprint density at radius 3 is 2.63 bits per heavy atom. The Labute approximate surface area is 158 Å². The molecule has 134 valence electrons. The largest absolute Gasteiger partial charge is 0.508 e. The average molecular weight is 377 g/mol. The molecule has 3 aromatic rings. The zero-order chi connectivity index (χ0) is 19.0. The lowest BCUT2D eigenvalue weighted by atomic mass is 10.1. The van der Waals surface area contributed by atoms with Crippen LogP contribution in [0.3, 0.4) is 0 Å². The van der Waals surface area contributed by atoms with Crippen molar-refractivity contribution in [1.29, 1.82) is 0 Å². The molecule has 0 radical (unpaired) electrons. The summed E-state index contributed by atoms with van der Waals surface area (Å²) in [6.07, 6.45) is 1.64. The number of amides is 1. The van der Waals surface area contributed by atoms with Gasteiger partial charge in [0.2, 0.25) is 5.88 Å². The van der Waals surface area contributed by atoms with Crippen molar-refractivity contribution in [3.63, 3.8) is 0 Å². The lowest BCUT2D eigenvalue weighted by molar-refractivity contribution is -0.112. The number of rotatable bonds is 4. The zero-order valence-corrected chi connectivity index (χ0v) is 15.0. The van der Waals surface area contributed by atoms with Crippen molar-refractivity contribution in [2.24, 2.45) is 9.98 Å². The molecule has 1 aliphatic rings. The summed E-state index contributed by atoms with van der Waals surface area (Å²) in [5.74, 6) is -0.282. The van der Waals surface area contributed by atoms with Crippen LogP contribution in [0.2, 0.25) is 0 Å². The van der Waals surface area contributed by atoms with Crippen molar-refractivity contribution < 1.29 is 15.0 Å². The summed E-state index contributed by atoms with van der Waals surface area (Å²) in [5.41, 5.74) is 0.990. The Kier molecular flexibility index (Phi) is 4.21. The lowest BCUT2D eigenvalue weighted by Crippen LogP contribution is -2.22. The van der Waals surface area contributed by atoms with E-state index in [1.54, 1.807) is 28.8 Å². The van der Waals surface area contributed by atoms with E-state index in [1.165, 1.54) is 23.5 Å². The van der Waals surface area contributed by atoms with Crippen molar-refractivity contribution >= 4 is 28.5 Å². The van der Waals surface area contributed by atoms with Gasteiger partial charge in [-0.05, 0) is 30.3 Å². The fourth-order valence-electron chi connectivity index (χ4n) is 2.86. The van der Waals surface area contributed by atoms with E-state index in [1.807, 2.05) is 18.2 Å². The SMILES string of the molecule is C=CCn1c(O)c(C2=c3ccccc3=NC2=O)sc1=Nc1ccc(O)cc1. The first kappa shape index (κ1) is 17.0. The van der Waals surface area contributed by atoms with Gasteiger partial charge in [-0.15, -0.1) is 6.58 Å². The van der Waals surface area contributed by atoms with Crippen LogP contribution < -0.4 is 15.4 Å². The maximum Gasteiger partial charge on any atom is 0.279 e. The van der Waals surface area contributed by atoms with E-state index in [4.69, 9.17) is 0 Å². The highest BCUT2D eigenvalue weighted by Crippen LogP contribution is 2.29. The number of thiazole rings is 1. The Morgan fingerprint density at radius 2 is 1.89 bits per heavy atom. The molecule has 6 nitrogen and oxygen atoms in total. The van der Waals surface area contributed by atoms with Crippen molar-refractivity contribution in [3.05, 3.63) is 81.4 Å². The molecular weight excluding hydrogens is 362 g/mol. The van der Waals surface area contributed by atoms with E-state index in [9.17, 15) is 15.0 Å². The predicted molar refractivity (Wildman–Crippen MR) is 102 cm³/mol. The molecule has 1 aliphatic heterocycles. The summed E-state index contributed by atoms with van der Waals surface area (Å²) in [4.78, 5) is 22.0. The number of benzene rings is 2. The molecular formula is C20H15N3O3S. The molecule has 0 atom stereocenters. The van der Waals surface area contributed by atoms with Crippen LogP contribution in [-0.4, -0.2) is 20.7 Å². The standard InChI is InChI=1S/C20H15N3O3S/c1-2-11-23-19(26)17(16-14-5-3-4-6-15(14)22-18(16)25)27-20(23)21-12-7-9-13(24)10-8-12/h2-10,24,26H,1,11H2. The van der Waals surface area contributed by atoms with Gasteiger partial charge in [-0.1, -0.05) is 35.6 Å². The second kappa shape index (κ2) is 6.69. The molecule has 2 aromatic carbocycles. The van der Waals surface area contributed by atoms with Crippen LogP contribution >= 0.6 is 11.3 Å². The van der Waals surface area contributed by atoms with Crippen LogP contribution in [0.4, 0.5) is 5.69 Å². The van der Waals surface area contributed by atoms with Gasteiger partial charge in [0.15, 0.2) is 4.80 Å². The molecule has 0 saturated heterocycles. The predicted octanol–water partition coefficient (Wildman–Crippen LogP) is 1.74. The Bertz CT molecular complexity index is 1250. The van der Waals surface area contributed by atoms with Gasteiger partial charge in [0, 0.05) is 11.8 Å². The van der Waals surface area contributed by atoms with Crippen LogP contribution in [0.5, 0.6) is 11.6 Å². The highest BCUT2D eigenvalue weighted by molar-refractivity contribution is 7.11. The average Bonchev–Trinajstić information content (AvgIpc) is 3.14. The minimum Gasteiger partial charge on any atom is -0.508 e. The molecule has 27 heavy (non-hydrogen) atoms. The number of carbonyl (C=O) groups excluding carboxylic acids is 1. The van der Waals surface area contributed by atoms with Gasteiger partial charge in [-0.2, -0.15) is 0 Å². The van der Waals surface area contributed by atoms with E-state index in [0.29, 0.717) is 38.1 Å². The van der Waals surface area contributed by atoms with Gasteiger partial charge in [-0.25, -0.2) is 9.98 Å². The minimum absolute atomic E-state index is 0.0484. The fraction of sp³-hybridized carbons (Fsp3) is 0.0500. The summed E-state index contributed by atoms with van der Waals surface area (Å²) >= 11 is 1.21. The number of hydrogen-bond donors (Lipinski definition) is 2. The maximum absolute atomic E-state index is 12.5. The number of allylic oxidation sites excluding steroid dienone is 1. The molecule has 7 heteroatoms. The van der Waals surface area contributed by atoms with Crippen molar-refractivity contribution in [2.45, 2.75) is 6.54 Å². The first-order valence-corrected chi connectivity index (χ1v) is 9.00. The smallest absolute Gasteiger partial charge is 0.279 e. The fourth-order valence-corrected chi connectivity index (χ4v) is 3.97. The lowest BCUT2D eigenvalue weighted by Gasteiger charge is -2.02. The third kappa shape index (κ3) is 2.98. The molecule has 0 aliphatic carbocycles. The number of aromatic hydroxyl groups is 2. The summed E-state index contributed by atoms with van der Waals surface area (Å²) < 4.78 is 1.58. The molecule has 1 amide bonds. The molecule has 2 heterocycles. The molecule has 0 unspecified atom stereocenters. The number of phenols is 1. The second-order valence-corrected chi connectivity index (χ2v) is 6.85. The molecule has 0 fully saturated rings. The number of aromatic nitrogens is 1. The Balaban J connectivity index is 1.97. The monoisotopic (exact) mass is 377 g/mol. The topological polar surface area (TPSA) is 87.2 Å². The minimum atomic E-state index is -0.380. The van der Waals surface area contributed by atoms with Crippen LogP contribution in [-0.2, 0) is 11.3 Å². The van der Waals surface area contributed by atoms with Gasteiger partial charge >= 0.3 is 0 Å². The van der Waals surface area contributed by atoms with E-state index < -0.39 is 0 Å². The van der Waals surface area contributed by atoms with Gasteiger partial charge in [-0.3, -0.25) is 9.36 Å². The van der Waals surface area contributed by atoms with E-state index in [0.717, 1.165) is 0 Å². The van der Waals surface area contributed by atoms with Crippen molar-refractivity contribution in [3.8, 4) is 11.6 Å². The second-order valence-electron chi connectivity index (χ2n) is 5.87. The van der Waals surface area contributed by atoms with Gasteiger partial charge < -0.3 is 10.2 Å². The quantitative estimate of drug-likeness (QED) is 0.679. The van der Waals surface area contributed by atoms with Gasteiger partial charge in [0.05, 0.1) is 16.6 Å². The molecule has 0 spiro atoms. The summed E-state index contributed by atoms with van der Waals surface area (Å²) in [6, 6.07) is 13.6. The number of nitrogens with zero attached hydrogens (tertiary/aromatic N) is 3. The van der Waals surface area contributed by atoms with E-state index in [-0.39, 0.29) is 17.5 Å². The zero-order valence-electron chi connectivity index (χ0n) is 14.2. The van der Waals surface area contributed by atoms with Crippen molar-refractivity contribution in [1.82, 2.24) is 4.57 Å². The third-order valence-electron chi connectivity index (χ3n) is 4.11. The summed E-state index contributed by atoms with van der Waals surface area (Å²) in [5, 5.41) is 21.5.